The van der Waals surface area contributed by atoms with E-state index in [0.717, 1.165) is 22.4 Å². The van der Waals surface area contributed by atoms with Gasteiger partial charge in [0, 0.05) is 31.9 Å². The predicted octanol–water partition coefficient (Wildman–Crippen LogP) is 1.94. The van der Waals surface area contributed by atoms with Crippen LogP contribution < -0.4 is 10.1 Å². The summed E-state index contributed by atoms with van der Waals surface area (Å²) in [6, 6.07) is 0. The summed E-state index contributed by atoms with van der Waals surface area (Å²) < 4.78 is 12.0. The summed E-state index contributed by atoms with van der Waals surface area (Å²) in [4.78, 5) is 1.13. The Kier molecular flexibility index (Phi) is 4.14. The highest BCUT2D eigenvalue weighted by atomic mass is 79.9. The summed E-state index contributed by atoms with van der Waals surface area (Å²) in [5, 5.41) is 7.46. The fourth-order valence-electron chi connectivity index (χ4n) is 1.42. The number of aryl methyl sites for hydroxylation is 1. The van der Waals surface area contributed by atoms with Crippen molar-refractivity contribution < 1.29 is 4.74 Å². The Labute approximate surface area is 112 Å². The van der Waals surface area contributed by atoms with Gasteiger partial charge in [-0.15, -0.1) is 0 Å². The Bertz CT molecular complexity index is 496. The van der Waals surface area contributed by atoms with Crippen molar-refractivity contribution in [3.63, 3.8) is 0 Å². The van der Waals surface area contributed by atoms with Crippen molar-refractivity contribution in [2.45, 2.75) is 13.1 Å². The second kappa shape index (κ2) is 5.61. The highest BCUT2D eigenvalue weighted by molar-refractivity contribution is 9.10. The number of hydrogen-bond acceptors (Lipinski definition) is 5. The third kappa shape index (κ3) is 3.05. The minimum Gasteiger partial charge on any atom is -0.480 e. The maximum atomic E-state index is 5.10. The second-order valence-corrected chi connectivity index (χ2v) is 5.21. The molecule has 92 valence electrons. The molecule has 0 unspecified atom stereocenters. The molecule has 1 N–H and O–H groups in total. The number of rotatable bonds is 5. The highest BCUT2D eigenvalue weighted by Gasteiger charge is 2.10. The average molecular weight is 317 g/mol. The van der Waals surface area contributed by atoms with Crippen molar-refractivity contribution in [3.8, 4) is 5.88 Å². The lowest BCUT2D eigenvalue weighted by molar-refractivity contribution is 0.399. The summed E-state index contributed by atoms with van der Waals surface area (Å²) >= 11 is 4.90. The number of nitrogens with one attached hydrogen (secondary N) is 1. The monoisotopic (exact) mass is 316 g/mol. The van der Waals surface area contributed by atoms with Crippen LogP contribution in [0.1, 0.15) is 10.4 Å². The molecule has 0 bridgehead atoms. The molecule has 0 saturated carbocycles. The van der Waals surface area contributed by atoms with Gasteiger partial charge in [-0.25, -0.2) is 0 Å². The van der Waals surface area contributed by atoms with Gasteiger partial charge in [0.15, 0.2) is 0 Å². The van der Waals surface area contributed by atoms with E-state index in [2.05, 4.69) is 30.7 Å². The van der Waals surface area contributed by atoms with Gasteiger partial charge in [0.25, 0.3) is 0 Å². The van der Waals surface area contributed by atoms with Gasteiger partial charge in [0.2, 0.25) is 5.88 Å². The van der Waals surface area contributed by atoms with Gasteiger partial charge in [-0.05, 0) is 27.5 Å². The maximum absolute atomic E-state index is 5.10. The summed E-state index contributed by atoms with van der Waals surface area (Å²) in [7, 11) is 3.53. The van der Waals surface area contributed by atoms with Crippen molar-refractivity contribution in [3.05, 3.63) is 27.3 Å². The number of nitrogens with zero attached hydrogens (tertiary/aromatic N) is 3. The summed E-state index contributed by atoms with van der Waals surface area (Å²) in [5.74, 6) is 0.646. The van der Waals surface area contributed by atoms with Crippen LogP contribution in [-0.4, -0.2) is 21.3 Å². The molecule has 0 aromatic carbocycles. The quantitative estimate of drug-likeness (QED) is 0.916. The molecule has 2 aromatic heterocycles. The SMILES string of the molecule is COc1nsc(CNCc2cnn(C)c2)c1Br. The van der Waals surface area contributed by atoms with Crippen molar-refractivity contribution in [2.24, 2.45) is 7.05 Å². The third-order valence-electron chi connectivity index (χ3n) is 2.24. The van der Waals surface area contributed by atoms with E-state index in [-0.39, 0.29) is 0 Å². The van der Waals surface area contributed by atoms with Crippen molar-refractivity contribution in [2.75, 3.05) is 7.11 Å². The molecule has 0 aliphatic heterocycles. The molecule has 0 spiro atoms. The van der Waals surface area contributed by atoms with Gasteiger partial charge >= 0.3 is 0 Å². The number of methoxy groups -OCH3 is 1. The molecule has 0 aliphatic rings. The van der Waals surface area contributed by atoms with E-state index in [1.165, 1.54) is 17.1 Å². The van der Waals surface area contributed by atoms with Crippen LogP contribution in [0.25, 0.3) is 0 Å². The van der Waals surface area contributed by atoms with Gasteiger partial charge < -0.3 is 10.1 Å². The van der Waals surface area contributed by atoms with Crippen LogP contribution in [0.4, 0.5) is 0 Å². The van der Waals surface area contributed by atoms with Crippen LogP contribution in [0.5, 0.6) is 5.88 Å². The molecular formula is C10H13BrN4OS. The van der Waals surface area contributed by atoms with Crippen LogP contribution in [0, 0.1) is 0 Å². The van der Waals surface area contributed by atoms with Crippen molar-refractivity contribution in [1.29, 1.82) is 0 Å². The van der Waals surface area contributed by atoms with Gasteiger partial charge in [0.1, 0.15) is 0 Å². The van der Waals surface area contributed by atoms with Crippen LogP contribution in [0.15, 0.2) is 16.9 Å². The summed E-state index contributed by atoms with van der Waals surface area (Å²) in [6.07, 6.45) is 3.85. The first-order chi connectivity index (χ1) is 8.20. The Hall–Kier alpha value is -0.920. The molecule has 2 aromatic rings. The molecule has 7 heteroatoms. The lowest BCUT2D eigenvalue weighted by atomic mass is 10.3. The van der Waals surface area contributed by atoms with Gasteiger partial charge in [0.05, 0.1) is 22.7 Å². The number of halogens is 1. The van der Waals surface area contributed by atoms with Crippen LogP contribution in [0.2, 0.25) is 0 Å². The minimum atomic E-state index is 0.646. The molecular weight excluding hydrogens is 304 g/mol. The minimum absolute atomic E-state index is 0.646. The Morgan fingerprint density at radius 1 is 1.53 bits per heavy atom. The lowest BCUT2D eigenvalue weighted by Gasteiger charge is -2.01. The summed E-state index contributed by atoms with van der Waals surface area (Å²) in [6.45, 7) is 1.55. The smallest absolute Gasteiger partial charge is 0.239 e. The van der Waals surface area contributed by atoms with E-state index < -0.39 is 0 Å². The Morgan fingerprint density at radius 2 is 2.35 bits per heavy atom. The zero-order chi connectivity index (χ0) is 12.3. The number of ether oxygens (including phenoxy) is 1. The molecule has 0 amide bonds. The van der Waals surface area contributed by atoms with E-state index >= 15 is 0 Å². The normalized spacial score (nSPS) is 10.8. The molecule has 0 saturated heterocycles. The zero-order valence-electron chi connectivity index (χ0n) is 9.61. The van der Waals surface area contributed by atoms with Crippen LogP contribution >= 0.6 is 27.5 Å². The average Bonchev–Trinajstić information content (AvgIpc) is 2.87. The zero-order valence-corrected chi connectivity index (χ0v) is 12.0. The number of aromatic nitrogens is 3. The lowest BCUT2D eigenvalue weighted by Crippen LogP contribution is -2.11. The highest BCUT2D eigenvalue weighted by Crippen LogP contribution is 2.30. The molecule has 5 nitrogen and oxygen atoms in total. The van der Waals surface area contributed by atoms with Crippen molar-refractivity contribution in [1.82, 2.24) is 19.5 Å². The van der Waals surface area contributed by atoms with E-state index in [0.29, 0.717) is 5.88 Å². The van der Waals surface area contributed by atoms with Crippen molar-refractivity contribution >= 4 is 27.5 Å². The van der Waals surface area contributed by atoms with E-state index in [4.69, 9.17) is 4.74 Å². The Morgan fingerprint density at radius 3 is 2.94 bits per heavy atom. The van der Waals surface area contributed by atoms with Gasteiger partial charge in [-0.2, -0.15) is 9.47 Å². The van der Waals surface area contributed by atoms with Gasteiger partial charge in [-0.1, -0.05) is 0 Å². The first-order valence-electron chi connectivity index (χ1n) is 5.07. The molecule has 0 atom stereocenters. The standard InChI is InChI=1S/C10H13BrN4OS/c1-15-6-7(4-13-15)3-12-5-8-9(11)10(16-2)14-17-8/h4,6,12H,3,5H2,1-2H3. The first-order valence-corrected chi connectivity index (χ1v) is 6.63. The van der Waals surface area contributed by atoms with Crippen LogP contribution in [-0.2, 0) is 20.1 Å². The largest absolute Gasteiger partial charge is 0.480 e. The maximum Gasteiger partial charge on any atom is 0.239 e. The third-order valence-corrected chi connectivity index (χ3v) is 4.14. The molecule has 0 radical (unpaired) electrons. The van der Waals surface area contributed by atoms with E-state index in [9.17, 15) is 0 Å². The predicted molar refractivity (Wildman–Crippen MR) is 70.1 cm³/mol. The fourth-order valence-corrected chi connectivity index (χ4v) is 2.83. The number of hydrogen-bond donors (Lipinski definition) is 1. The molecule has 2 heterocycles. The molecule has 17 heavy (non-hydrogen) atoms. The van der Waals surface area contributed by atoms with Gasteiger partial charge in [-0.3, -0.25) is 4.68 Å². The molecule has 2 rings (SSSR count). The Balaban J connectivity index is 1.87. The first kappa shape index (κ1) is 12.5. The second-order valence-electron chi connectivity index (χ2n) is 3.55. The van der Waals surface area contributed by atoms with Crippen LogP contribution in [0.3, 0.4) is 0 Å². The fraction of sp³-hybridized carbons (Fsp3) is 0.400. The summed E-state index contributed by atoms with van der Waals surface area (Å²) in [5.41, 5.74) is 1.17. The topological polar surface area (TPSA) is 52.0 Å². The molecule has 0 aliphatic carbocycles. The van der Waals surface area contributed by atoms with E-state index in [1.54, 1.807) is 11.8 Å². The molecule has 0 fully saturated rings. The van der Waals surface area contributed by atoms with E-state index in [1.807, 2.05) is 19.4 Å².